The molecule has 0 radical (unpaired) electrons. The van der Waals surface area contributed by atoms with Gasteiger partial charge < -0.3 is 25.5 Å². The Morgan fingerprint density at radius 2 is 1.78 bits per heavy atom. The van der Waals surface area contributed by atoms with Gasteiger partial charge in [-0.1, -0.05) is 0 Å². The van der Waals surface area contributed by atoms with Crippen molar-refractivity contribution in [3.05, 3.63) is 40.0 Å². The minimum absolute atomic E-state index is 0.216. The van der Waals surface area contributed by atoms with Gasteiger partial charge in [-0.05, 0) is 80.9 Å². The Morgan fingerprint density at radius 1 is 1.03 bits per heavy atom. The maximum Gasteiger partial charge on any atom is 0.261 e. The van der Waals surface area contributed by atoms with Crippen molar-refractivity contribution in [3.8, 4) is 11.4 Å². The summed E-state index contributed by atoms with van der Waals surface area (Å²) in [6, 6.07) is 8.22. The van der Waals surface area contributed by atoms with Gasteiger partial charge in [0.2, 0.25) is 0 Å². The third-order valence-corrected chi connectivity index (χ3v) is 8.54. The Balaban J connectivity index is 1.28. The molecule has 2 aliphatic heterocycles. The normalized spacial score (nSPS) is 19.3. The molecule has 0 aliphatic carbocycles. The van der Waals surface area contributed by atoms with Crippen molar-refractivity contribution in [3.63, 3.8) is 0 Å². The molecule has 0 atom stereocenters. The lowest BCUT2D eigenvalue weighted by Gasteiger charge is -2.46. The number of anilines is 2. The van der Waals surface area contributed by atoms with E-state index in [-0.39, 0.29) is 5.56 Å². The van der Waals surface area contributed by atoms with Crippen LogP contribution < -0.4 is 16.2 Å². The maximum atomic E-state index is 12.7. The third-order valence-electron chi connectivity index (χ3n) is 7.59. The van der Waals surface area contributed by atoms with Crippen LogP contribution in [-0.2, 0) is 0 Å². The molecule has 1 aromatic carbocycles. The Hall–Kier alpha value is -2.84. The predicted octanol–water partition coefficient (Wildman–Crippen LogP) is 4.03. The number of nitrogens with one attached hydrogen (secondary N) is 2. The van der Waals surface area contributed by atoms with E-state index in [2.05, 4.69) is 43.9 Å². The highest BCUT2D eigenvalue weighted by Crippen LogP contribution is 2.42. The van der Waals surface area contributed by atoms with Crippen LogP contribution in [0.3, 0.4) is 0 Å². The Kier molecular flexibility index (Phi) is 4.55. The van der Waals surface area contributed by atoms with Crippen LogP contribution in [0.15, 0.2) is 34.4 Å². The fraction of sp³-hybridized carbons (Fsp3) is 0.417. The minimum atomic E-state index is -0.216. The number of benzene rings is 1. The van der Waals surface area contributed by atoms with Gasteiger partial charge in [0.15, 0.2) is 0 Å². The molecule has 0 bridgehead atoms. The molecule has 2 aliphatic rings. The SMILES string of the molecule is CN1CCC2(CC1)CCN(c1ccc3nc(-c4c(N)c5sccc5[nH]c4=O)[nH]c3c1)CC2. The molecule has 4 N–H and O–H groups in total. The molecule has 2 fully saturated rings. The van der Waals surface area contributed by atoms with Crippen LogP contribution in [0, 0.1) is 5.41 Å². The second-order valence-electron chi connectivity index (χ2n) is 9.48. The number of aromatic amines is 2. The molecule has 3 aromatic heterocycles. The second-order valence-corrected chi connectivity index (χ2v) is 10.4. The lowest BCUT2D eigenvalue weighted by Crippen LogP contribution is -2.46. The van der Waals surface area contributed by atoms with Crippen molar-refractivity contribution in [1.29, 1.82) is 0 Å². The molecule has 0 saturated carbocycles. The van der Waals surface area contributed by atoms with Gasteiger partial charge in [-0.3, -0.25) is 4.79 Å². The minimum Gasteiger partial charge on any atom is -0.397 e. The number of H-pyrrole nitrogens is 2. The maximum absolute atomic E-state index is 12.7. The first-order valence-electron chi connectivity index (χ1n) is 11.3. The zero-order valence-electron chi connectivity index (χ0n) is 18.3. The molecule has 0 unspecified atom stereocenters. The molecule has 6 rings (SSSR count). The lowest BCUT2D eigenvalue weighted by atomic mass is 9.71. The highest BCUT2D eigenvalue weighted by atomic mass is 32.1. The summed E-state index contributed by atoms with van der Waals surface area (Å²) in [7, 11) is 2.23. The van der Waals surface area contributed by atoms with Crippen LogP contribution in [0.5, 0.6) is 0 Å². The molecule has 8 heteroatoms. The van der Waals surface area contributed by atoms with Crippen LogP contribution in [-0.4, -0.2) is 53.1 Å². The van der Waals surface area contributed by atoms with Crippen molar-refractivity contribution in [2.75, 3.05) is 43.9 Å². The van der Waals surface area contributed by atoms with Crippen molar-refractivity contribution in [2.24, 2.45) is 5.41 Å². The largest absolute Gasteiger partial charge is 0.397 e. The van der Waals surface area contributed by atoms with E-state index in [1.165, 1.54) is 55.8 Å². The molecular formula is C24H28N6OS. The number of nitrogen functional groups attached to an aromatic ring is 1. The monoisotopic (exact) mass is 448 g/mol. The van der Waals surface area contributed by atoms with Gasteiger partial charge in [0.25, 0.3) is 5.56 Å². The number of hydrogen-bond acceptors (Lipinski definition) is 6. The number of fused-ring (bicyclic) bond motifs is 2. The number of hydrogen-bond donors (Lipinski definition) is 3. The second kappa shape index (κ2) is 7.35. The van der Waals surface area contributed by atoms with Gasteiger partial charge in [0.1, 0.15) is 11.4 Å². The van der Waals surface area contributed by atoms with Crippen molar-refractivity contribution < 1.29 is 0 Å². The summed E-state index contributed by atoms with van der Waals surface area (Å²) in [5.41, 5.74) is 11.3. The molecular weight excluding hydrogens is 420 g/mol. The van der Waals surface area contributed by atoms with E-state index >= 15 is 0 Å². The molecule has 7 nitrogen and oxygen atoms in total. The number of imidazole rings is 1. The summed E-state index contributed by atoms with van der Waals surface area (Å²) in [6.45, 7) is 4.64. The Bertz CT molecular complexity index is 1350. The van der Waals surface area contributed by atoms with Crippen molar-refractivity contribution in [1.82, 2.24) is 19.9 Å². The number of nitrogens with zero attached hydrogens (tertiary/aromatic N) is 3. The van der Waals surface area contributed by atoms with E-state index in [9.17, 15) is 4.79 Å². The average Bonchev–Trinajstić information content (AvgIpc) is 3.43. The van der Waals surface area contributed by atoms with Gasteiger partial charge in [-0.2, -0.15) is 0 Å². The fourth-order valence-corrected chi connectivity index (χ4v) is 6.23. The summed E-state index contributed by atoms with van der Waals surface area (Å²) in [6.07, 6.45) is 5.18. The Morgan fingerprint density at radius 3 is 2.56 bits per heavy atom. The molecule has 4 aromatic rings. The quantitative estimate of drug-likeness (QED) is 0.430. The summed E-state index contributed by atoms with van der Waals surface area (Å²) in [5, 5.41) is 1.93. The third kappa shape index (κ3) is 3.20. The van der Waals surface area contributed by atoms with E-state index < -0.39 is 0 Å². The van der Waals surface area contributed by atoms with Gasteiger partial charge in [0, 0.05) is 18.8 Å². The van der Waals surface area contributed by atoms with E-state index in [4.69, 9.17) is 5.73 Å². The first-order chi connectivity index (χ1) is 15.5. The first kappa shape index (κ1) is 19.8. The van der Waals surface area contributed by atoms with Gasteiger partial charge >= 0.3 is 0 Å². The molecule has 0 amide bonds. The number of nitrogens with two attached hydrogens (primary N) is 1. The summed E-state index contributed by atoms with van der Waals surface area (Å²) in [4.78, 5) is 28.6. The number of aromatic nitrogens is 3. The smallest absolute Gasteiger partial charge is 0.261 e. The summed E-state index contributed by atoms with van der Waals surface area (Å²) in [5.74, 6) is 0.523. The fourth-order valence-electron chi connectivity index (χ4n) is 5.42. The topological polar surface area (TPSA) is 94.0 Å². The van der Waals surface area contributed by atoms with Gasteiger partial charge in [-0.25, -0.2) is 4.98 Å². The zero-order chi connectivity index (χ0) is 21.9. The summed E-state index contributed by atoms with van der Waals surface area (Å²) < 4.78 is 0.886. The number of rotatable bonds is 2. The number of thiophene rings is 1. The molecule has 1 spiro atoms. The predicted molar refractivity (Wildman–Crippen MR) is 133 cm³/mol. The lowest BCUT2D eigenvalue weighted by molar-refractivity contribution is 0.0945. The summed E-state index contributed by atoms with van der Waals surface area (Å²) >= 11 is 1.52. The highest BCUT2D eigenvalue weighted by Gasteiger charge is 2.36. The highest BCUT2D eigenvalue weighted by molar-refractivity contribution is 7.17. The number of likely N-dealkylation sites (tertiary alicyclic amines) is 1. The van der Waals surface area contributed by atoms with Crippen LogP contribution in [0.1, 0.15) is 25.7 Å². The van der Waals surface area contributed by atoms with E-state index in [1.54, 1.807) is 0 Å². The zero-order valence-corrected chi connectivity index (χ0v) is 19.1. The van der Waals surface area contributed by atoms with Crippen LogP contribution >= 0.6 is 11.3 Å². The van der Waals surface area contributed by atoms with Crippen molar-refractivity contribution in [2.45, 2.75) is 25.7 Å². The van der Waals surface area contributed by atoms with Gasteiger partial charge in [-0.15, -0.1) is 11.3 Å². The van der Waals surface area contributed by atoms with E-state index in [1.807, 2.05) is 17.5 Å². The number of pyridine rings is 1. The van der Waals surface area contributed by atoms with Crippen molar-refractivity contribution >= 4 is 44.0 Å². The standard InChI is InChI=1S/C24H28N6OS/c1-29-9-5-24(6-10-29)7-11-30(12-8-24)15-2-3-16-18(14-15)27-22(26-16)19-20(25)21-17(4-13-32-21)28-23(19)31/h2-4,13-14H,5-12H2,1H3,(H,26,27)(H3,25,28,31). The van der Waals surface area contributed by atoms with Crippen LogP contribution in [0.4, 0.5) is 11.4 Å². The molecule has 2 saturated heterocycles. The number of piperidine rings is 2. The van der Waals surface area contributed by atoms with Gasteiger partial charge in [0.05, 0.1) is 26.9 Å². The van der Waals surface area contributed by atoms with Crippen LogP contribution in [0.2, 0.25) is 0 Å². The Labute approximate surface area is 190 Å². The molecule has 166 valence electrons. The first-order valence-corrected chi connectivity index (χ1v) is 12.2. The van der Waals surface area contributed by atoms with E-state index in [0.717, 1.165) is 34.3 Å². The molecule has 5 heterocycles. The average molecular weight is 449 g/mol. The van der Waals surface area contributed by atoms with E-state index in [0.29, 0.717) is 22.5 Å². The van der Waals surface area contributed by atoms with Crippen LogP contribution in [0.25, 0.3) is 32.6 Å². The molecule has 32 heavy (non-hydrogen) atoms.